The zero-order valence-electron chi connectivity index (χ0n) is 13.8. The number of hydrogen-bond donors (Lipinski definition) is 1. The smallest absolute Gasteiger partial charge is 0.00966 e. The summed E-state index contributed by atoms with van der Waals surface area (Å²) in [7, 11) is 0. The summed E-state index contributed by atoms with van der Waals surface area (Å²) in [6.07, 6.45) is 2.50. The molecule has 1 unspecified atom stereocenters. The van der Waals surface area contributed by atoms with Gasteiger partial charge >= 0.3 is 0 Å². The first-order valence-electron chi connectivity index (χ1n) is 7.79. The van der Waals surface area contributed by atoms with E-state index < -0.39 is 0 Å². The van der Waals surface area contributed by atoms with Gasteiger partial charge in [0.05, 0.1) is 0 Å². The van der Waals surface area contributed by atoms with Gasteiger partial charge in [-0.2, -0.15) is 11.8 Å². The Bertz CT molecular complexity index is 381. The molecule has 1 rings (SSSR count). The highest BCUT2D eigenvalue weighted by Gasteiger charge is 2.15. The Labute approximate surface area is 129 Å². The summed E-state index contributed by atoms with van der Waals surface area (Å²) in [6, 6.07) is 8.81. The fourth-order valence-electron chi connectivity index (χ4n) is 2.27. The fourth-order valence-corrected chi connectivity index (χ4v) is 3.06. The van der Waals surface area contributed by atoms with Crippen molar-refractivity contribution in [3.63, 3.8) is 0 Å². The second kappa shape index (κ2) is 8.74. The van der Waals surface area contributed by atoms with Gasteiger partial charge in [-0.05, 0) is 75.6 Å². The molecule has 0 aliphatic carbocycles. The van der Waals surface area contributed by atoms with Gasteiger partial charge in [0.15, 0.2) is 0 Å². The van der Waals surface area contributed by atoms with Gasteiger partial charge < -0.3 is 5.32 Å². The van der Waals surface area contributed by atoms with E-state index in [1.165, 1.54) is 35.5 Å². The zero-order valence-corrected chi connectivity index (χ0v) is 14.6. The zero-order chi connectivity index (χ0) is 15.0. The summed E-state index contributed by atoms with van der Waals surface area (Å²) in [6.45, 7) is 12.3. The molecule has 0 aromatic heterocycles. The minimum absolute atomic E-state index is 0.210. The van der Waals surface area contributed by atoms with E-state index in [0.29, 0.717) is 0 Å². The lowest BCUT2D eigenvalue weighted by Gasteiger charge is -2.26. The average molecular weight is 294 g/mol. The van der Waals surface area contributed by atoms with Crippen LogP contribution in [0.4, 0.5) is 0 Å². The molecule has 0 heterocycles. The summed E-state index contributed by atoms with van der Waals surface area (Å²) >= 11 is 2.06. The monoisotopic (exact) mass is 293 g/mol. The number of rotatable bonds is 8. The molecule has 0 fully saturated rings. The van der Waals surface area contributed by atoms with Crippen LogP contribution in [0, 0.1) is 12.8 Å². The van der Waals surface area contributed by atoms with Gasteiger partial charge in [0.1, 0.15) is 0 Å². The van der Waals surface area contributed by atoms with Crippen LogP contribution in [0.5, 0.6) is 0 Å². The van der Waals surface area contributed by atoms with Gasteiger partial charge in [0.2, 0.25) is 0 Å². The summed E-state index contributed by atoms with van der Waals surface area (Å²) in [5.41, 5.74) is 3.15. The minimum atomic E-state index is 0.210. The number of nitrogens with one attached hydrogen (secondary N) is 1. The van der Waals surface area contributed by atoms with Crippen LogP contribution < -0.4 is 5.32 Å². The molecule has 0 saturated carbocycles. The molecular formula is C18H31NS. The van der Waals surface area contributed by atoms with E-state index in [0.717, 1.165) is 12.5 Å². The molecule has 0 spiro atoms. The summed E-state index contributed by atoms with van der Waals surface area (Å²) in [4.78, 5) is 0. The van der Waals surface area contributed by atoms with E-state index in [1.807, 2.05) is 0 Å². The predicted octanol–water partition coefficient (Wildman–Crippen LogP) is 4.69. The molecule has 0 bridgehead atoms. The quantitative estimate of drug-likeness (QED) is 0.698. The first-order chi connectivity index (χ1) is 9.42. The summed E-state index contributed by atoms with van der Waals surface area (Å²) in [5, 5.41) is 3.68. The van der Waals surface area contributed by atoms with Crippen molar-refractivity contribution in [1.82, 2.24) is 5.32 Å². The largest absolute Gasteiger partial charge is 0.312 e. The highest BCUT2D eigenvalue weighted by Crippen LogP contribution is 2.18. The van der Waals surface area contributed by atoms with E-state index in [-0.39, 0.29) is 5.54 Å². The fraction of sp³-hybridized carbons (Fsp3) is 0.667. The molecule has 2 heteroatoms. The molecule has 0 saturated heterocycles. The minimum Gasteiger partial charge on any atom is -0.312 e. The van der Waals surface area contributed by atoms with Crippen molar-refractivity contribution < 1.29 is 0 Å². The highest BCUT2D eigenvalue weighted by atomic mass is 32.2. The van der Waals surface area contributed by atoms with Crippen molar-refractivity contribution >= 4 is 11.8 Å². The Morgan fingerprint density at radius 3 is 2.50 bits per heavy atom. The van der Waals surface area contributed by atoms with Crippen LogP contribution in [0.3, 0.4) is 0 Å². The SMILES string of the molecule is CCSCCC(CNC(C)(C)C)Cc1ccccc1C. The van der Waals surface area contributed by atoms with Gasteiger partial charge in [0, 0.05) is 5.54 Å². The molecule has 0 radical (unpaired) electrons. The Morgan fingerprint density at radius 2 is 1.90 bits per heavy atom. The van der Waals surface area contributed by atoms with E-state index >= 15 is 0 Å². The standard InChI is InChI=1S/C18H31NS/c1-6-20-12-11-16(14-19-18(3,4)5)13-17-10-8-7-9-15(17)2/h7-10,16,19H,6,11-14H2,1-5H3. The van der Waals surface area contributed by atoms with Crippen molar-refractivity contribution in [2.45, 2.75) is 53.0 Å². The number of aryl methyl sites for hydroxylation is 1. The second-order valence-electron chi connectivity index (χ2n) is 6.61. The molecule has 0 amide bonds. The number of benzene rings is 1. The third-order valence-corrected chi connectivity index (χ3v) is 4.50. The molecule has 20 heavy (non-hydrogen) atoms. The molecule has 0 aliphatic heterocycles. The van der Waals surface area contributed by atoms with E-state index in [1.54, 1.807) is 0 Å². The Kier molecular flexibility index (Phi) is 7.68. The number of thioether (sulfide) groups is 1. The van der Waals surface area contributed by atoms with Crippen molar-refractivity contribution in [3.8, 4) is 0 Å². The summed E-state index contributed by atoms with van der Waals surface area (Å²) in [5.74, 6) is 3.23. The normalized spacial score (nSPS) is 13.4. The lowest BCUT2D eigenvalue weighted by molar-refractivity contribution is 0.364. The lowest BCUT2D eigenvalue weighted by Crippen LogP contribution is -2.39. The third-order valence-electron chi connectivity index (χ3n) is 3.57. The van der Waals surface area contributed by atoms with Crippen molar-refractivity contribution in [2.24, 2.45) is 5.92 Å². The topological polar surface area (TPSA) is 12.0 Å². The van der Waals surface area contributed by atoms with Crippen molar-refractivity contribution in [1.29, 1.82) is 0 Å². The van der Waals surface area contributed by atoms with Gasteiger partial charge in [0.25, 0.3) is 0 Å². The average Bonchev–Trinajstić information content (AvgIpc) is 2.37. The number of hydrogen-bond acceptors (Lipinski definition) is 2. The maximum Gasteiger partial charge on any atom is 0.00966 e. The van der Waals surface area contributed by atoms with Gasteiger partial charge in [-0.1, -0.05) is 31.2 Å². The van der Waals surface area contributed by atoms with Crippen molar-refractivity contribution in [2.75, 3.05) is 18.1 Å². The van der Waals surface area contributed by atoms with E-state index in [9.17, 15) is 0 Å². The maximum atomic E-state index is 3.68. The molecule has 0 aliphatic rings. The molecule has 1 aromatic rings. The van der Waals surface area contributed by atoms with Gasteiger partial charge in [-0.3, -0.25) is 0 Å². The van der Waals surface area contributed by atoms with Crippen LogP contribution in [0.15, 0.2) is 24.3 Å². The van der Waals surface area contributed by atoms with Crippen LogP contribution in [-0.2, 0) is 6.42 Å². The molecule has 1 nitrogen and oxygen atoms in total. The Morgan fingerprint density at radius 1 is 1.20 bits per heavy atom. The lowest BCUT2D eigenvalue weighted by atomic mass is 9.93. The van der Waals surface area contributed by atoms with Crippen LogP contribution >= 0.6 is 11.8 Å². The van der Waals surface area contributed by atoms with Crippen molar-refractivity contribution in [3.05, 3.63) is 35.4 Å². The van der Waals surface area contributed by atoms with Gasteiger partial charge in [-0.25, -0.2) is 0 Å². The molecule has 1 atom stereocenters. The van der Waals surface area contributed by atoms with Crippen LogP contribution in [-0.4, -0.2) is 23.6 Å². The predicted molar refractivity (Wildman–Crippen MR) is 93.7 cm³/mol. The van der Waals surface area contributed by atoms with E-state index in [2.05, 4.69) is 76.0 Å². The van der Waals surface area contributed by atoms with Gasteiger partial charge in [-0.15, -0.1) is 0 Å². The maximum absolute atomic E-state index is 3.68. The first-order valence-corrected chi connectivity index (χ1v) is 8.95. The van der Waals surface area contributed by atoms with Crippen LogP contribution in [0.25, 0.3) is 0 Å². The summed E-state index contributed by atoms with van der Waals surface area (Å²) < 4.78 is 0. The van der Waals surface area contributed by atoms with Crippen LogP contribution in [0.1, 0.15) is 45.2 Å². The highest BCUT2D eigenvalue weighted by molar-refractivity contribution is 7.99. The third kappa shape index (κ3) is 7.35. The molecule has 1 N–H and O–H groups in total. The molecule has 114 valence electrons. The Hall–Kier alpha value is -0.470. The Balaban J connectivity index is 2.59. The molecular weight excluding hydrogens is 262 g/mol. The first kappa shape index (κ1) is 17.6. The van der Waals surface area contributed by atoms with Crippen LogP contribution in [0.2, 0.25) is 0 Å². The van der Waals surface area contributed by atoms with E-state index in [4.69, 9.17) is 0 Å². The molecule has 1 aromatic carbocycles. The second-order valence-corrected chi connectivity index (χ2v) is 8.01.